The van der Waals surface area contributed by atoms with Gasteiger partial charge in [0.15, 0.2) is 9.84 Å². The summed E-state index contributed by atoms with van der Waals surface area (Å²) in [6, 6.07) is 10.8. The molecule has 0 radical (unpaired) electrons. The normalized spacial score (nSPS) is 12.3. The zero-order chi connectivity index (χ0) is 20.0. The lowest BCUT2D eigenvalue weighted by Gasteiger charge is -2.18. The molecule has 146 valence electrons. The van der Waals surface area contributed by atoms with E-state index >= 15 is 0 Å². The number of hydrogen-bond donors (Lipinski definition) is 1. The Morgan fingerprint density at radius 2 is 1.78 bits per heavy atom. The van der Waals surface area contributed by atoms with Crippen LogP contribution in [0.1, 0.15) is 24.9 Å². The Labute approximate surface area is 164 Å². The van der Waals surface area contributed by atoms with Gasteiger partial charge in [-0.05, 0) is 49.4 Å². The Kier molecular flexibility index (Phi) is 7.10. The number of halogens is 1. The molecule has 27 heavy (non-hydrogen) atoms. The van der Waals surface area contributed by atoms with E-state index in [0.717, 1.165) is 5.56 Å². The van der Waals surface area contributed by atoms with Crippen LogP contribution in [0.5, 0.6) is 11.5 Å². The van der Waals surface area contributed by atoms with Crippen LogP contribution in [-0.4, -0.2) is 34.3 Å². The van der Waals surface area contributed by atoms with E-state index in [4.69, 9.17) is 21.1 Å². The van der Waals surface area contributed by atoms with E-state index < -0.39 is 9.84 Å². The molecule has 0 heterocycles. The maximum atomic E-state index is 12.3. The zero-order valence-corrected chi connectivity index (χ0v) is 16.9. The minimum absolute atomic E-state index is 0.141. The van der Waals surface area contributed by atoms with Gasteiger partial charge in [-0.3, -0.25) is 4.79 Å². The number of amides is 1. The second kappa shape index (κ2) is 9.10. The van der Waals surface area contributed by atoms with Crippen molar-refractivity contribution in [1.29, 1.82) is 0 Å². The first-order chi connectivity index (χ1) is 12.8. The largest absolute Gasteiger partial charge is 0.497 e. The van der Waals surface area contributed by atoms with Crippen LogP contribution in [0.3, 0.4) is 0 Å². The van der Waals surface area contributed by atoms with Crippen LogP contribution in [-0.2, 0) is 14.6 Å². The molecule has 1 N–H and O–H groups in total. The molecule has 0 saturated carbocycles. The molecule has 0 saturated heterocycles. The zero-order valence-electron chi connectivity index (χ0n) is 15.4. The summed E-state index contributed by atoms with van der Waals surface area (Å²) in [5.74, 6) is 0.585. The van der Waals surface area contributed by atoms with Crippen molar-refractivity contribution in [3.63, 3.8) is 0 Å². The number of sulfone groups is 1. The number of benzene rings is 2. The molecular formula is C19H22ClNO5S. The minimum Gasteiger partial charge on any atom is -0.497 e. The second-order valence-electron chi connectivity index (χ2n) is 5.92. The van der Waals surface area contributed by atoms with Gasteiger partial charge >= 0.3 is 0 Å². The van der Waals surface area contributed by atoms with Gasteiger partial charge in [-0.15, -0.1) is 0 Å². The highest BCUT2D eigenvalue weighted by atomic mass is 35.5. The number of carbonyl (C=O) groups excluding carboxylic acids is 1. The number of rotatable bonds is 8. The van der Waals surface area contributed by atoms with Crippen molar-refractivity contribution in [2.24, 2.45) is 0 Å². The number of methoxy groups -OCH3 is 2. The van der Waals surface area contributed by atoms with Gasteiger partial charge in [-0.2, -0.15) is 0 Å². The van der Waals surface area contributed by atoms with E-state index in [1.54, 1.807) is 39.3 Å². The van der Waals surface area contributed by atoms with Gasteiger partial charge < -0.3 is 14.8 Å². The molecule has 0 bridgehead atoms. The van der Waals surface area contributed by atoms with Crippen LogP contribution in [0.4, 0.5) is 0 Å². The molecule has 0 aliphatic carbocycles. The predicted octanol–water partition coefficient (Wildman–Crippen LogP) is 3.40. The van der Waals surface area contributed by atoms with Crippen molar-refractivity contribution in [2.45, 2.75) is 24.3 Å². The number of hydrogen-bond acceptors (Lipinski definition) is 5. The Balaban J connectivity index is 2.02. The maximum Gasteiger partial charge on any atom is 0.221 e. The second-order valence-corrected chi connectivity index (χ2v) is 8.47. The van der Waals surface area contributed by atoms with E-state index in [2.05, 4.69) is 5.32 Å². The Hall–Kier alpha value is -2.25. The first kappa shape index (κ1) is 21.1. The van der Waals surface area contributed by atoms with Gasteiger partial charge in [0.2, 0.25) is 5.91 Å². The van der Waals surface area contributed by atoms with Gasteiger partial charge in [0.1, 0.15) is 11.5 Å². The molecule has 0 spiro atoms. The molecule has 0 aliphatic heterocycles. The maximum absolute atomic E-state index is 12.3. The number of ether oxygens (including phenoxy) is 2. The summed E-state index contributed by atoms with van der Waals surface area (Å²) in [6.07, 6.45) is -0.151. The lowest BCUT2D eigenvalue weighted by atomic mass is 10.1. The third-order valence-electron chi connectivity index (χ3n) is 4.05. The van der Waals surface area contributed by atoms with E-state index in [1.165, 1.54) is 24.3 Å². The van der Waals surface area contributed by atoms with E-state index in [1.807, 2.05) is 0 Å². The SMILES string of the molecule is COc1ccc(OC)c([C@@H](C)NC(=O)CCS(=O)(=O)c2ccc(Cl)cc2)c1. The summed E-state index contributed by atoms with van der Waals surface area (Å²) in [5.41, 5.74) is 0.741. The fourth-order valence-corrected chi connectivity index (χ4v) is 3.92. The quantitative estimate of drug-likeness (QED) is 0.719. The Bertz CT molecular complexity index is 897. The Morgan fingerprint density at radius 3 is 2.37 bits per heavy atom. The van der Waals surface area contributed by atoms with Crippen LogP contribution in [0.2, 0.25) is 5.02 Å². The van der Waals surface area contributed by atoms with Gasteiger partial charge in [-0.1, -0.05) is 11.6 Å². The molecule has 2 aromatic carbocycles. The van der Waals surface area contributed by atoms with Gasteiger partial charge in [0.25, 0.3) is 0 Å². The highest BCUT2D eigenvalue weighted by molar-refractivity contribution is 7.91. The van der Waals surface area contributed by atoms with Crippen molar-refractivity contribution in [2.75, 3.05) is 20.0 Å². The molecule has 0 fully saturated rings. The lowest BCUT2D eigenvalue weighted by Crippen LogP contribution is -2.28. The number of carbonyl (C=O) groups is 1. The first-order valence-electron chi connectivity index (χ1n) is 8.26. The average Bonchev–Trinajstić information content (AvgIpc) is 2.66. The summed E-state index contributed by atoms with van der Waals surface area (Å²) in [7, 11) is -0.468. The third-order valence-corrected chi connectivity index (χ3v) is 6.04. The van der Waals surface area contributed by atoms with Crippen LogP contribution in [0.25, 0.3) is 0 Å². The van der Waals surface area contributed by atoms with Crippen LogP contribution >= 0.6 is 11.6 Å². The molecule has 0 unspecified atom stereocenters. The lowest BCUT2D eigenvalue weighted by molar-refractivity contribution is -0.121. The van der Waals surface area contributed by atoms with Gasteiger partial charge in [0, 0.05) is 17.0 Å². The highest BCUT2D eigenvalue weighted by Crippen LogP contribution is 2.29. The van der Waals surface area contributed by atoms with Crippen LogP contribution < -0.4 is 14.8 Å². The summed E-state index contributed by atoms with van der Waals surface area (Å²) in [6.45, 7) is 1.79. The molecule has 1 amide bonds. The van der Waals surface area contributed by atoms with Crippen molar-refractivity contribution in [3.05, 3.63) is 53.1 Å². The van der Waals surface area contributed by atoms with Crippen molar-refractivity contribution >= 4 is 27.3 Å². The van der Waals surface area contributed by atoms with Crippen molar-refractivity contribution in [1.82, 2.24) is 5.32 Å². The van der Waals surface area contributed by atoms with E-state index in [-0.39, 0.29) is 29.0 Å². The molecule has 8 heteroatoms. The monoisotopic (exact) mass is 411 g/mol. The van der Waals surface area contributed by atoms with Crippen molar-refractivity contribution in [3.8, 4) is 11.5 Å². The average molecular weight is 412 g/mol. The summed E-state index contributed by atoms with van der Waals surface area (Å²) < 4.78 is 35.2. The van der Waals surface area contributed by atoms with Crippen LogP contribution in [0, 0.1) is 0 Å². The van der Waals surface area contributed by atoms with Gasteiger partial charge in [0.05, 0.1) is 30.9 Å². The third kappa shape index (κ3) is 5.61. The first-order valence-corrected chi connectivity index (χ1v) is 10.3. The van der Waals surface area contributed by atoms with Crippen LogP contribution in [0.15, 0.2) is 47.4 Å². The smallest absolute Gasteiger partial charge is 0.221 e. The van der Waals surface area contributed by atoms with E-state index in [0.29, 0.717) is 16.5 Å². The van der Waals surface area contributed by atoms with Crippen molar-refractivity contribution < 1.29 is 22.7 Å². The molecule has 2 rings (SSSR count). The fraction of sp³-hybridized carbons (Fsp3) is 0.316. The summed E-state index contributed by atoms with van der Waals surface area (Å²) in [4.78, 5) is 12.4. The molecule has 0 aliphatic rings. The number of nitrogens with one attached hydrogen (secondary N) is 1. The summed E-state index contributed by atoms with van der Waals surface area (Å²) >= 11 is 5.77. The molecule has 0 aromatic heterocycles. The minimum atomic E-state index is -3.56. The molecular weight excluding hydrogens is 390 g/mol. The molecule has 6 nitrogen and oxygen atoms in total. The predicted molar refractivity (Wildman–Crippen MR) is 104 cm³/mol. The van der Waals surface area contributed by atoms with Gasteiger partial charge in [-0.25, -0.2) is 8.42 Å². The molecule has 2 aromatic rings. The Morgan fingerprint density at radius 1 is 1.11 bits per heavy atom. The molecule has 1 atom stereocenters. The summed E-state index contributed by atoms with van der Waals surface area (Å²) in [5, 5.41) is 3.25. The highest BCUT2D eigenvalue weighted by Gasteiger charge is 2.19. The topological polar surface area (TPSA) is 81.7 Å². The van der Waals surface area contributed by atoms with E-state index in [9.17, 15) is 13.2 Å². The fourth-order valence-electron chi connectivity index (χ4n) is 2.56. The standard InChI is InChI=1S/C19H22ClNO5S/c1-13(17-12-15(25-2)6-9-18(17)26-3)21-19(22)10-11-27(23,24)16-7-4-14(20)5-8-16/h4-9,12-13H,10-11H2,1-3H3,(H,21,22)/t13-/m1/s1.